The first-order valence-electron chi connectivity index (χ1n) is 5.93. The van der Waals surface area contributed by atoms with Gasteiger partial charge >= 0.3 is 5.88 Å². The van der Waals surface area contributed by atoms with Crippen molar-refractivity contribution in [2.24, 2.45) is 7.05 Å². The van der Waals surface area contributed by atoms with Crippen molar-refractivity contribution in [3.8, 4) is 0 Å². The lowest BCUT2D eigenvalue weighted by Crippen LogP contribution is -2.26. The summed E-state index contributed by atoms with van der Waals surface area (Å²) in [6.45, 7) is 3.70. The fourth-order valence-electron chi connectivity index (χ4n) is 1.83. The van der Waals surface area contributed by atoms with Crippen LogP contribution in [0.4, 0.5) is 5.88 Å². The third-order valence-electron chi connectivity index (χ3n) is 3.08. The molecule has 0 aliphatic carbocycles. The van der Waals surface area contributed by atoms with Gasteiger partial charge in [0.25, 0.3) is 5.91 Å². The quantitative estimate of drug-likeness (QED) is 0.677. The fraction of sp³-hybridized carbons (Fsp3) is 0.333. The van der Waals surface area contributed by atoms with Crippen LogP contribution in [0.3, 0.4) is 0 Å². The van der Waals surface area contributed by atoms with Crippen molar-refractivity contribution in [2.75, 3.05) is 0 Å². The van der Waals surface area contributed by atoms with Crippen LogP contribution in [-0.2, 0) is 7.05 Å². The van der Waals surface area contributed by atoms with Crippen LogP contribution in [0.5, 0.6) is 0 Å². The van der Waals surface area contributed by atoms with E-state index in [2.05, 4.69) is 10.4 Å². The highest BCUT2D eigenvalue weighted by Crippen LogP contribution is 2.19. The topological polar surface area (TPSA) is 103 Å². The van der Waals surface area contributed by atoms with Gasteiger partial charge in [0, 0.05) is 18.3 Å². The molecule has 0 aliphatic heterocycles. The molecule has 0 unspecified atom stereocenters. The Morgan fingerprint density at radius 1 is 1.55 bits per heavy atom. The molecule has 2 heterocycles. The lowest BCUT2D eigenvalue weighted by atomic mass is 10.1. The molecular formula is C12H14N4O4. The SMILES string of the molecule is Cc1c([C@@H](C)NC(=O)c2ccc([N+](=O)[O-])o2)cnn1C. The molecule has 1 atom stereocenters. The van der Waals surface area contributed by atoms with Crippen molar-refractivity contribution < 1.29 is 14.1 Å². The number of hydrogen-bond donors (Lipinski definition) is 1. The molecule has 0 fully saturated rings. The van der Waals surface area contributed by atoms with E-state index in [1.165, 1.54) is 6.07 Å². The molecule has 1 amide bonds. The summed E-state index contributed by atoms with van der Waals surface area (Å²) in [5.41, 5.74) is 1.81. The average Bonchev–Trinajstić information content (AvgIpc) is 2.98. The van der Waals surface area contributed by atoms with E-state index in [0.29, 0.717) is 0 Å². The Balaban J connectivity index is 2.10. The van der Waals surface area contributed by atoms with Gasteiger partial charge in [-0.05, 0) is 19.9 Å². The smallest absolute Gasteiger partial charge is 0.395 e. The molecule has 0 saturated heterocycles. The highest BCUT2D eigenvalue weighted by atomic mass is 16.6. The molecule has 0 saturated carbocycles. The number of nitro groups is 1. The van der Waals surface area contributed by atoms with Crippen LogP contribution in [-0.4, -0.2) is 20.6 Å². The van der Waals surface area contributed by atoms with E-state index in [0.717, 1.165) is 17.3 Å². The van der Waals surface area contributed by atoms with Crippen LogP contribution >= 0.6 is 0 Å². The number of aromatic nitrogens is 2. The molecule has 2 rings (SSSR count). The van der Waals surface area contributed by atoms with Crippen molar-refractivity contribution in [3.63, 3.8) is 0 Å². The molecule has 2 aromatic heterocycles. The molecule has 0 spiro atoms. The minimum Gasteiger partial charge on any atom is -0.395 e. The molecule has 0 aliphatic rings. The first-order chi connectivity index (χ1) is 9.40. The van der Waals surface area contributed by atoms with Gasteiger partial charge in [0.2, 0.25) is 0 Å². The molecule has 106 valence electrons. The van der Waals surface area contributed by atoms with E-state index >= 15 is 0 Å². The Morgan fingerprint density at radius 2 is 2.25 bits per heavy atom. The maximum Gasteiger partial charge on any atom is 0.433 e. The lowest BCUT2D eigenvalue weighted by Gasteiger charge is -2.12. The van der Waals surface area contributed by atoms with Gasteiger partial charge in [0.05, 0.1) is 18.3 Å². The van der Waals surface area contributed by atoms with Crippen LogP contribution in [0.1, 0.15) is 34.8 Å². The summed E-state index contributed by atoms with van der Waals surface area (Å²) < 4.78 is 6.55. The van der Waals surface area contributed by atoms with Gasteiger partial charge in [-0.3, -0.25) is 19.6 Å². The summed E-state index contributed by atoms with van der Waals surface area (Å²) in [7, 11) is 1.81. The van der Waals surface area contributed by atoms with Crippen molar-refractivity contribution in [1.82, 2.24) is 15.1 Å². The van der Waals surface area contributed by atoms with Gasteiger partial charge in [-0.15, -0.1) is 0 Å². The number of nitrogens with zero attached hydrogens (tertiary/aromatic N) is 3. The lowest BCUT2D eigenvalue weighted by molar-refractivity contribution is -0.402. The zero-order valence-corrected chi connectivity index (χ0v) is 11.3. The van der Waals surface area contributed by atoms with Crippen molar-refractivity contribution in [1.29, 1.82) is 0 Å². The molecule has 8 nitrogen and oxygen atoms in total. The molecule has 2 aromatic rings. The third-order valence-corrected chi connectivity index (χ3v) is 3.08. The van der Waals surface area contributed by atoms with Crippen LogP contribution in [0.15, 0.2) is 22.7 Å². The van der Waals surface area contributed by atoms with Gasteiger partial charge in [0.1, 0.15) is 4.92 Å². The maximum atomic E-state index is 11.9. The Labute approximate surface area is 114 Å². The Bertz CT molecular complexity index is 658. The number of aryl methyl sites for hydroxylation is 1. The van der Waals surface area contributed by atoms with Gasteiger partial charge in [0.15, 0.2) is 5.76 Å². The van der Waals surface area contributed by atoms with E-state index in [4.69, 9.17) is 4.42 Å². The fourth-order valence-corrected chi connectivity index (χ4v) is 1.83. The van der Waals surface area contributed by atoms with Gasteiger partial charge in [-0.1, -0.05) is 0 Å². The zero-order chi connectivity index (χ0) is 14.9. The standard InChI is InChI=1S/C12H14N4O4/c1-7(9-6-13-15(3)8(9)2)14-12(17)10-4-5-11(20-10)16(18)19/h4-7H,1-3H3,(H,14,17)/t7-/m1/s1. The molecule has 1 N–H and O–H groups in total. The number of hydrogen-bond acceptors (Lipinski definition) is 5. The summed E-state index contributed by atoms with van der Waals surface area (Å²) in [4.78, 5) is 21.7. The van der Waals surface area contributed by atoms with E-state index in [-0.39, 0.29) is 11.8 Å². The summed E-state index contributed by atoms with van der Waals surface area (Å²) >= 11 is 0. The van der Waals surface area contributed by atoms with Crippen molar-refractivity contribution in [3.05, 3.63) is 45.5 Å². The van der Waals surface area contributed by atoms with E-state index in [1.54, 1.807) is 17.8 Å². The van der Waals surface area contributed by atoms with Crippen LogP contribution in [0.2, 0.25) is 0 Å². The molecule has 0 aromatic carbocycles. The second kappa shape index (κ2) is 5.16. The third kappa shape index (κ3) is 2.53. The average molecular weight is 278 g/mol. The number of nitrogens with one attached hydrogen (secondary N) is 1. The highest BCUT2D eigenvalue weighted by Gasteiger charge is 2.20. The second-order valence-electron chi connectivity index (χ2n) is 4.40. The summed E-state index contributed by atoms with van der Waals surface area (Å²) in [6, 6.07) is 2.14. The largest absolute Gasteiger partial charge is 0.433 e. The van der Waals surface area contributed by atoms with E-state index in [9.17, 15) is 14.9 Å². The first kappa shape index (κ1) is 13.8. The van der Waals surface area contributed by atoms with E-state index in [1.807, 2.05) is 14.0 Å². The van der Waals surface area contributed by atoms with Crippen molar-refractivity contribution in [2.45, 2.75) is 19.9 Å². The molecule has 8 heteroatoms. The first-order valence-corrected chi connectivity index (χ1v) is 5.93. The van der Waals surface area contributed by atoms with E-state index < -0.39 is 16.7 Å². The number of carbonyl (C=O) groups excluding carboxylic acids is 1. The Morgan fingerprint density at radius 3 is 2.75 bits per heavy atom. The van der Waals surface area contributed by atoms with Crippen LogP contribution in [0, 0.1) is 17.0 Å². The predicted octanol–water partition coefficient (Wildman–Crippen LogP) is 1.72. The Kier molecular flexibility index (Phi) is 3.55. The Hall–Kier alpha value is -2.64. The molecule has 0 bridgehead atoms. The minimum absolute atomic E-state index is 0.0925. The number of rotatable bonds is 4. The molecular weight excluding hydrogens is 264 g/mol. The number of amides is 1. The predicted molar refractivity (Wildman–Crippen MR) is 69.2 cm³/mol. The van der Waals surface area contributed by atoms with Gasteiger partial charge in [-0.25, -0.2) is 0 Å². The summed E-state index contributed by atoms with van der Waals surface area (Å²) in [5.74, 6) is -1.06. The monoisotopic (exact) mass is 278 g/mol. The zero-order valence-electron chi connectivity index (χ0n) is 11.3. The normalized spacial score (nSPS) is 12.2. The maximum absolute atomic E-state index is 11.9. The molecule has 0 radical (unpaired) electrons. The molecule has 20 heavy (non-hydrogen) atoms. The van der Waals surface area contributed by atoms with Crippen LogP contribution in [0.25, 0.3) is 0 Å². The van der Waals surface area contributed by atoms with Gasteiger partial charge in [-0.2, -0.15) is 5.10 Å². The minimum atomic E-state index is -0.689. The summed E-state index contributed by atoms with van der Waals surface area (Å²) in [6.07, 6.45) is 1.67. The van der Waals surface area contributed by atoms with Gasteiger partial charge < -0.3 is 9.73 Å². The number of furan rings is 1. The highest BCUT2D eigenvalue weighted by molar-refractivity contribution is 5.91. The van der Waals surface area contributed by atoms with Crippen molar-refractivity contribution >= 4 is 11.8 Å². The van der Waals surface area contributed by atoms with Crippen LogP contribution < -0.4 is 5.32 Å². The number of carbonyl (C=O) groups is 1. The second-order valence-corrected chi connectivity index (χ2v) is 4.40. The summed E-state index contributed by atoms with van der Waals surface area (Å²) in [5, 5.41) is 17.3.